The number of piperidine rings is 1. The Labute approximate surface area is 143 Å². The lowest BCUT2D eigenvalue weighted by Crippen LogP contribution is -2.41. The van der Waals surface area contributed by atoms with Crippen molar-refractivity contribution in [2.24, 2.45) is 5.73 Å². The molecule has 0 amide bonds. The number of ether oxygens (including phenoxy) is 1. The number of nitrogens with zero attached hydrogens (tertiary/aromatic N) is 1. The summed E-state index contributed by atoms with van der Waals surface area (Å²) in [6, 6.07) is 3.90. The van der Waals surface area contributed by atoms with E-state index in [1.165, 1.54) is 22.5 Å². The van der Waals surface area contributed by atoms with Crippen molar-refractivity contribution >= 4 is 22.4 Å². The van der Waals surface area contributed by atoms with Crippen molar-refractivity contribution in [3.8, 4) is 0 Å². The van der Waals surface area contributed by atoms with Gasteiger partial charge >= 0.3 is 0 Å². The molecule has 1 aromatic carbocycles. The summed E-state index contributed by atoms with van der Waals surface area (Å²) >= 11 is 0. The zero-order valence-electron chi connectivity index (χ0n) is 13.2. The average Bonchev–Trinajstić information content (AvgIpc) is 2.51. The fourth-order valence-corrected chi connectivity index (χ4v) is 4.05. The van der Waals surface area contributed by atoms with Gasteiger partial charge < -0.3 is 10.5 Å². The number of aryl methyl sites for hydroxylation is 1. The van der Waals surface area contributed by atoms with E-state index < -0.39 is 15.8 Å². The molecule has 2 N–H and O–H groups in total. The summed E-state index contributed by atoms with van der Waals surface area (Å²) in [5.41, 5.74) is 5.75. The highest BCUT2D eigenvalue weighted by molar-refractivity contribution is 7.89. The highest BCUT2D eigenvalue weighted by Crippen LogP contribution is 2.23. The molecular formula is C15H24ClFN2O3S. The van der Waals surface area contributed by atoms with Gasteiger partial charge in [-0.3, -0.25) is 0 Å². The Balaban J connectivity index is 0.00000264. The molecule has 23 heavy (non-hydrogen) atoms. The molecule has 1 aliphatic rings. The third-order valence-electron chi connectivity index (χ3n) is 3.87. The molecule has 8 heteroatoms. The number of benzene rings is 1. The average molecular weight is 367 g/mol. The zero-order valence-corrected chi connectivity index (χ0v) is 14.8. The molecule has 1 fully saturated rings. The first-order chi connectivity index (χ1) is 10.4. The van der Waals surface area contributed by atoms with Gasteiger partial charge in [0, 0.05) is 19.7 Å². The minimum atomic E-state index is -3.56. The maximum absolute atomic E-state index is 13.3. The normalized spacial score (nSPS) is 17.0. The molecule has 1 aromatic rings. The van der Waals surface area contributed by atoms with Crippen molar-refractivity contribution in [3.05, 3.63) is 29.6 Å². The molecule has 0 spiro atoms. The standard InChI is InChI=1S/C15H23FN2O3S.ClH/c1-12-11-14(3-4-15(12)16)22(19,20)18-8-5-13(6-9-18)21-10-2-7-17;/h3-4,11,13H,2,5-10,17H2,1H3;1H. The minimum Gasteiger partial charge on any atom is -0.378 e. The molecule has 5 nitrogen and oxygen atoms in total. The second kappa shape index (κ2) is 8.94. The van der Waals surface area contributed by atoms with Gasteiger partial charge in [0.05, 0.1) is 11.0 Å². The Morgan fingerprint density at radius 3 is 2.57 bits per heavy atom. The van der Waals surface area contributed by atoms with Gasteiger partial charge in [-0.25, -0.2) is 12.8 Å². The number of hydrogen-bond acceptors (Lipinski definition) is 4. The molecule has 0 radical (unpaired) electrons. The fraction of sp³-hybridized carbons (Fsp3) is 0.600. The summed E-state index contributed by atoms with van der Waals surface area (Å²) in [5, 5.41) is 0. The van der Waals surface area contributed by atoms with Crippen molar-refractivity contribution in [1.29, 1.82) is 0 Å². The van der Waals surface area contributed by atoms with E-state index in [0.29, 0.717) is 44.6 Å². The quantitative estimate of drug-likeness (QED) is 0.782. The first-order valence-electron chi connectivity index (χ1n) is 7.53. The summed E-state index contributed by atoms with van der Waals surface area (Å²) in [4.78, 5) is 0.147. The molecule has 1 saturated heterocycles. The molecule has 0 aromatic heterocycles. The Morgan fingerprint density at radius 1 is 1.35 bits per heavy atom. The van der Waals surface area contributed by atoms with E-state index >= 15 is 0 Å². The van der Waals surface area contributed by atoms with Crippen molar-refractivity contribution < 1.29 is 17.5 Å². The molecule has 2 rings (SSSR count). The lowest BCUT2D eigenvalue weighted by atomic mass is 10.1. The van der Waals surface area contributed by atoms with E-state index in [1.54, 1.807) is 6.92 Å². The Kier molecular flexibility index (Phi) is 7.89. The van der Waals surface area contributed by atoms with E-state index in [2.05, 4.69) is 0 Å². The van der Waals surface area contributed by atoms with Crippen LogP contribution in [0.5, 0.6) is 0 Å². The van der Waals surface area contributed by atoms with Gasteiger partial charge in [0.1, 0.15) is 5.82 Å². The number of sulfonamides is 1. The predicted octanol–water partition coefficient (Wildman–Crippen LogP) is 2.07. The zero-order chi connectivity index (χ0) is 16.2. The summed E-state index contributed by atoms with van der Waals surface area (Å²) < 4.78 is 45.5. The van der Waals surface area contributed by atoms with Crippen LogP contribution in [-0.2, 0) is 14.8 Å². The van der Waals surface area contributed by atoms with Crippen LogP contribution in [-0.4, -0.2) is 45.1 Å². The first kappa shape index (κ1) is 20.3. The molecule has 0 saturated carbocycles. The van der Waals surface area contributed by atoms with Crippen LogP contribution < -0.4 is 5.73 Å². The van der Waals surface area contributed by atoms with Crippen LogP contribution in [0.1, 0.15) is 24.8 Å². The number of halogens is 2. The lowest BCUT2D eigenvalue weighted by molar-refractivity contribution is 0.0209. The number of nitrogens with two attached hydrogens (primary N) is 1. The van der Waals surface area contributed by atoms with E-state index in [4.69, 9.17) is 10.5 Å². The summed E-state index contributed by atoms with van der Waals surface area (Å²) in [5.74, 6) is -0.397. The summed E-state index contributed by atoms with van der Waals surface area (Å²) in [7, 11) is -3.56. The summed E-state index contributed by atoms with van der Waals surface area (Å²) in [6.07, 6.45) is 2.24. The number of rotatable bonds is 6. The molecule has 1 aliphatic heterocycles. The number of hydrogen-bond donors (Lipinski definition) is 1. The first-order valence-corrected chi connectivity index (χ1v) is 8.97. The van der Waals surface area contributed by atoms with E-state index in [-0.39, 0.29) is 23.4 Å². The van der Waals surface area contributed by atoms with Gasteiger partial charge in [-0.1, -0.05) is 0 Å². The van der Waals surface area contributed by atoms with Crippen LogP contribution in [0.4, 0.5) is 4.39 Å². The molecular weight excluding hydrogens is 343 g/mol. The van der Waals surface area contributed by atoms with Crippen molar-refractivity contribution in [1.82, 2.24) is 4.31 Å². The molecule has 0 unspecified atom stereocenters. The van der Waals surface area contributed by atoms with Crippen molar-refractivity contribution in [3.63, 3.8) is 0 Å². The molecule has 0 aliphatic carbocycles. The maximum atomic E-state index is 13.3. The largest absolute Gasteiger partial charge is 0.378 e. The third kappa shape index (κ3) is 5.12. The highest BCUT2D eigenvalue weighted by Gasteiger charge is 2.29. The second-order valence-corrected chi connectivity index (χ2v) is 7.47. The summed E-state index contributed by atoms with van der Waals surface area (Å²) in [6.45, 7) is 3.62. The van der Waals surface area contributed by atoms with Crippen LogP contribution in [0, 0.1) is 12.7 Å². The smallest absolute Gasteiger partial charge is 0.243 e. The van der Waals surface area contributed by atoms with E-state index in [1.807, 2.05) is 0 Å². The topological polar surface area (TPSA) is 72.6 Å². The van der Waals surface area contributed by atoms with E-state index in [9.17, 15) is 12.8 Å². The second-order valence-electron chi connectivity index (χ2n) is 5.53. The highest BCUT2D eigenvalue weighted by atomic mass is 35.5. The third-order valence-corrected chi connectivity index (χ3v) is 5.76. The van der Waals surface area contributed by atoms with Crippen LogP contribution in [0.25, 0.3) is 0 Å². The lowest BCUT2D eigenvalue weighted by Gasteiger charge is -2.31. The van der Waals surface area contributed by atoms with Crippen LogP contribution in [0.2, 0.25) is 0 Å². The van der Waals surface area contributed by atoms with Gasteiger partial charge in [-0.2, -0.15) is 4.31 Å². The van der Waals surface area contributed by atoms with Crippen molar-refractivity contribution in [2.45, 2.75) is 37.2 Å². The van der Waals surface area contributed by atoms with E-state index in [0.717, 1.165) is 6.42 Å². The maximum Gasteiger partial charge on any atom is 0.243 e. The van der Waals surface area contributed by atoms with Gasteiger partial charge in [0.2, 0.25) is 10.0 Å². The SMILES string of the molecule is Cc1cc(S(=O)(=O)N2CCC(OCCCN)CC2)ccc1F.Cl. The molecule has 1 heterocycles. The van der Waals surface area contributed by atoms with Gasteiger partial charge in [0.15, 0.2) is 0 Å². The Bertz CT molecular complexity index is 605. The minimum absolute atomic E-state index is 0. The van der Waals surface area contributed by atoms with Gasteiger partial charge in [0.25, 0.3) is 0 Å². The fourth-order valence-electron chi connectivity index (χ4n) is 2.50. The van der Waals surface area contributed by atoms with Gasteiger partial charge in [-0.15, -0.1) is 12.4 Å². The van der Waals surface area contributed by atoms with Crippen LogP contribution >= 0.6 is 12.4 Å². The van der Waals surface area contributed by atoms with Gasteiger partial charge in [-0.05, 0) is 56.5 Å². The van der Waals surface area contributed by atoms with Crippen LogP contribution in [0.15, 0.2) is 23.1 Å². The predicted molar refractivity (Wildman–Crippen MR) is 89.8 cm³/mol. The Morgan fingerprint density at radius 2 is 2.00 bits per heavy atom. The van der Waals surface area contributed by atoms with Crippen LogP contribution in [0.3, 0.4) is 0 Å². The molecule has 0 bridgehead atoms. The molecule has 0 atom stereocenters. The molecule has 132 valence electrons. The Hall–Kier alpha value is -0.730. The monoisotopic (exact) mass is 366 g/mol. The van der Waals surface area contributed by atoms with Crippen molar-refractivity contribution in [2.75, 3.05) is 26.2 Å².